The lowest BCUT2D eigenvalue weighted by Gasteiger charge is -2.14. The van der Waals surface area contributed by atoms with Crippen molar-refractivity contribution >= 4 is 27.5 Å². The number of benzene rings is 1. The highest BCUT2D eigenvalue weighted by molar-refractivity contribution is 7.89. The summed E-state index contributed by atoms with van der Waals surface area (Å²) in [6.45, 7) is 1.65. The van der Waals surface area contributed by atoms with E-state index in [1.165, 1.54) is 31.4 Å². The molecule has 0 radical (unpaired) electrons. The van der Waals surface area contributed by atoms with Gasteiger partial charge in [-0.05, 0) is 37.3 Å². The van der Waals surface area contributed by atoms with E-state index >= 15 is 0 Å². The van der Waals surface area contributed by atoms with Gasteiger partial charge in [-0.1, -0.05) is 17.7 Å². The van der Waals surface area contributed by atoms with E-state index in [0.717, 1.165) is 0 Å². The van der Waals surface area contributed by atoms with Crippen LogP contribution in [0.15, 0.2) is 52.0 Å². The molecule has 0 saturated carbocycles. The van der Waals surface area contributed by atoms with Crippen LogP contribution < -0.4 is 10.0 Å². The lowest BCUT2D eigenvalue weighted by atomic mass is 10.3. The Labute approximate surface area is 133 Å². The topological polar surface area (TPSA) is 88.4 Å². The Balaban J connectivity index is 1.98. The molecule has 8 heteroatoms. The molecule has 0 saturated heterocycles. The van der Waals surface area contributed by atoms with Crippen LogP contribution in [0.5, 0.6) is 0 Å². The summed E-state index contributed by atoms with van der Waals surface area (Å²) in [5.41, 5.74) is 0. The molecule has 0 unspecified atom stereocenters. The van der Waals surface area contributed by atoms with Crippen molar-refractivity contribution in [2.24, 2.45) is 0 Å². The summed E-state index contributed by atoms with van der Waals surface area (Å²) < 4.78 is 31.7. The number of hydrogen-bond acceptors (Lipinski definition) is 4. The molecule has 6 nitrogen and oxygen atoms in total. The van der Waals surface area contributed by atoms with E-state index in [1.54, 1.807) is 18.2 Å². The molecular formula is C14H15ClN2O4S. The predicted molar refractivity (Wildman–Crippen MR) is 81.8 cm³/mol. The molecule has 0 fully saturated rings. The van der Waals surface area contributed by atoms with E-state index in [4.69, 9.17) is 16.0 Å². The smallest absolute Gasteiger partial charge is 0.241 e. The molecule has 0 aliphatic rings. The Morgan fingerprint density at radius 2 is 2.09 bits per heavy atom. The largest absolute Gasteiger partial charge is 0.467 e. The van der Waals surface area contributed by atoms with Gasteiger partial charge in [0.15, 0.2) is 0 Å². The second kappa shape index (κ2) is 6.95. The zero-order valence-corrected chi connectivity index (χ0v) is 13.3. The number of carbonyl (C=O) groups excluding carboxylic acids is 1. The third-order valence-electron chi connectivity index (χ3n) is 2.85. The first-order chi connectivity index (χ1) is 10.4. The molecule has 1 aromatic carbocycles. The van der Waals surface area contributed by atoms with E-state index < -0.39 is 22.0 Å². The maximum absolute atomic E-state index is 12.2. The number of furan rings is 1. The van der Waals surface area contributed by atoms with Gasteiger partial charge < -0.3 is 9.73 Å². The molecule has 1 aromatic heterocycles. The van der Waals surface area contributed by atoms with Crippen molar-refractivity contribution in [2.75, 3.05) is 0 Å². The Morgan fingerprint density at radius 1 is 1.32 bits per heavy atom. The van der Waals surface area contributed by atoms with Gasteiger partial charge in [0, 0.05) is 5.02 Å². The van der Waals surface area contributed by atoms with Gasteiger partial charge >= 0.3 is 0 Å². The van der Waals surface area contributed by atoms with Gasteiger partial charge in [-0.3, -0.25) is 4.79 Å². The van der Waals surface area contributed by atoms with Crippen LogP contribution in [0.2, 0.25) is 5.02 Å². The first kappa shape index (κ1) is 16.5. The van der Waals surface area contributed by atoms with E-state index in [9.17, 15) is 13.2 Å². The second-order valence-corrected chi connectivity index (χ2v) is 6.75. The summed E-state index contributed by atoms with van der Waals surface area (Å²) in [6.07, 6.45) is 1.49. The maximum atomic E-state index is 12.2. The van der Waals surface area contributed by atoms with E-state index in [1.807, 2.05) is 0 Å². The Kier molecular flexibility index (Phi) is 5.23. The van der Waals surface area contributed by atoms with Gasteiger partial charge in [0.05, 0.1) is 23.7 Å². The van der Waals surface area contributed by atoms with Crippen LogP contribution in [0, 0.1) is 0 Å². The van der Waals surface area contributed by atoms with Gasteiger partial charge in [0.25, 0.3) is 0 Å². The Hall–Kier alpha value is -1.83. The number of carbonyl (C=O) groups is 1. The molecule has 0 spiro atoms. The standard InChI is InChI=1S/C14H15ClN2O4S/c1-10(14(18)16-9-12-5-3-7-21-12)17-22(19,20)13-6-2-4-11(15)8-13/h2-8,10,17H,9H2,1H3,(H,16,18)/t10-/m0/s1. The van der Waals surface area contributed by atoms with Gasteiger partial charge in [-0.25, -0.2) is 8.42 Å². The van der Waals surface area contributed by atoms with Crippen LogP contribution >= 0.6 is 11.6 Å². The van der Waals surface area contributed by atoms with Crippen molar-refractivity contribution in [3.05, 3.63) is 53.4 Å². The minimum Gasteiger partial charge on any atom is -0.467 e. The van der Waals surface area contributed by atoms with Crippen LogP contribution in [0.25, 0.3) is 0 Å². The monoisotopic (exact) mass is 342 g/mol. The van der Waals surface area contributed by atoms with Gasteiger partial charge in [-0.2, -0.15) is 4.72 Å². The third kappa shape index (κ3) is 4.33. The molecular weight excluding hydrogens is 328 g/mol. The van der Waals surface area contributed by atoms with Crippen molar-refractivity contribution in [1.82, 2.24) is 10.0 Å². The fourth-order valence-electron chi connectivity index (χ4n) is 1.73. The van der Waals surface area contributed by atoms with Crippen LogP contribution in [0.3, 0.4) is 0 Å². The molecule has 2 N–H and O–H groups in total. The normalized spacial score (nSPS) is 12.8. The fraction of sp³-hybridized carbons (Fsp3) is 0.214. The van der Waals surface area contributed by atoms with E-state index in [0.29, 0.717) is 10.8 Å². The third-order valence-corrected chi connectivity index (χ3v) is 4.62. The van der Waals surface area contributed by atoms with Crippen LogP contribution in [0.4, 0.5) is 0 Å². The SMILES string of the molecule is C[C@H](NS(=O)(=O)c1cccc(Cl)c1)C(=O)NCc1ccco1. The van der Waals surface area contributed by atoms with Crippen LogP contribution in [-0.2, 0) is 21.4 Å². The zero-order valence-electron chi connectivity index (χ0n) is 11.7. The van der Waals surface area contributed by atoms with E-state index in [-0.39, 0.29) is 11.4 Å². The number of rotatable bonds is 6. The summed E-state index contributed by atoms with van der Waals surface area (Å²) in [6, 6.07) is 8.30. The lowest BCUT2D eigenvalue weighted by Crippen LogP contribution is -2.44. The first-order valence-electron chi connectivity index (χ1n) is 6.46. The van der Waals surface area contributed by atoms with Crippen molar-refractivity contribution in [1.29, 1.82) is 0 Å². The van der Waals surface area contributed by atoms with Gasteiger partial charge in [0.2, 0.25) is 15.9 Å². The highest BCUT2D eigenvalue weighted by Crippen LogP contribution is 2.15. The molecule has 2 aromatic rings. The molecule has 0 aliphatic heterocycles. The van der Waals surface area contributed by atoms with Crippen molar-refractivity contribution in [2.45, 2.75) is 24.4 Å². The van der Waals surface area contributed by atoms with Crippen molar-refractivity contribution in [3.63, 3.8) is 0 Å². The van der Waals surface area contributed by atoms with Gasteiger partial charge in [-0.15, -0.1) is 0 Å². The number of sulfonamides is 1. The number of hydrogen-bond donors (Lipinski definition) is 2. The Bertz CT molecular complexity index is 744. The molecule has 22 heavy (non-hydrogen) atoms. The summed E-state index contributed by atoms with van der Waals surface area (Å²) in [7, 11) is -3.82. The molecule has 0 aliphatic carbocycles. The molecule has 1 atom stereocenters. The number of nitrogens with one attached hydrogen (secondary N) is 2. The van der Waals surface area contributed by atoms with Crippen LogP contribution in [0.1, 0.15) is 12.7 Å². The fourth-order valence-corrected chi connectivity index (χ4v) is 3.23. The average molecular weight is 343 g/mol. The van der Waals surface area contributed by atoms with Crippen LogP contribution in [-0.4, -0.2) is 20.4 Å². The summed E-state index contributed by atoms with van der Waals surface area (Å²) in [5.74, 6) is 0.125. The summed E-state index contributed by atoms with van der Waals surface area (Å²) in [4.78, 5) is 11.9. The van der Waals surface area contributed by atoms with Crippen molar-refractivity contribution in [3.8, 4) is 0 Å². The lowest BCUT2D eigenvalue weighted by molar-refractivity contribution is -0.122. The minimum absolute atomic E-state index is 0.00526. The zero-order chi connectivity index (χ0) is 16.2. The maximum Gasteiger partial charge on any atom is 0.241 e. The Morgan fingerprint density at radius 3 is 2.73 bits per heavy atom. The molecule has 118 valence electrons. The summed E-state index contributed by atoms with van der Waals surface area (Å²) >= 11 is 5.77. The average Bonchev–Trinajstić information content (AvgIpc) is 2.97. The van der Waals surface area contributed by atoms with E-state index in [2.05, 4.69) is 10.0 Å². The molecule has 1 amide bonds. The quantitative estimate of drug-likeness (QED) is 0.839. The second-order valence-electron chi connectivity index (χ2n) is 4.60. The van der Waals surface area contributed by atoms with Gasteiger partial charge in [0.1, 0.15) is 5.76 Å². The first-order valence-corrected chi connectivity index (χ1v) is 8.32. The number of halogens is 1. The number of amides is 1. The molecule has 1 heterocycles. The molecule has 2 rings (SSSR count). The molecule has 0 bridgehead atoms. The highest BCUT2D eigenvalue weighted by Gasteiger charge is 2.22. The highest BCUT2D eigenvalue weighted by atomic mass is 35.5. The minimum atomic E-state index is -3.82. The predicted octanol–water partition coefficient (Wildman–Crippen LogP) is 1.92. The summed E-state index contributed by atoms with van der Waals surface area (Å²) in [5, 5.41) is 2.89. The van der Waals surface area contributed by atoms with Crippen molar-refractivity contribution < 1.29 is 17.6 Å².